The second-order valence-electron chi connectivity index (χ2n) is 5.36. The molecule has 0 radical (unpaired) electrons. The van der Waals surface area contributed by atoms with E-state index in [1.54, 1.807) is 11.3 Å². The first-order valence-electron chi connectivity index (χ1n) is 6.44. The van der Waals surface area contributed by atoms with Gasteiger partial charge in [-0.2, -0.15) is 0 Å². The van der Waals surface area contributed by atoms with E-state index in [-0.39, 0.29) is 5.54 Å². The molecule has 1 aliphatic carbocycles. The molecule has 0 aliphatic heterocycles. The maximum absolute atomic E-state index is 6.65. The molecule has 1 heterocycles. The topological polar surface area (TPSA) is 38.9 Å². The SMILES string of the molecule is CC(C)c1csc(C2(N)CCc3ccccc32)n1. The van der Waals surface area contributed by atoms with Gasteiger partial charge in [-0.05, 0) is 29.9 Å². The number of aromatic nitrogens is 1. The number of nitrogens with two attached hydrogens (primary N) is 1. The van der Waals surface area contributed by atoms with Crippen LogP contribution in [0, 0.1) is 0 Å². The van der Waals surface area contributed by atoms with E-state index in [4.69, 9.17) is 10.7 Å². The maximum Gasteiger partial charge on any atom is 0.117 e. The van der Waals surface area contributed by atoms with Gasteiger partial charge in [-0.1, -0.05) is 38.1 Å². The molecule has 1 aromatic carbocycles. The minimum absolute atomic E-state index is 0.367. The summed E-state index contributed by atoms with van der Waals surface area (Å²) in [5, 5.41) is 3.21. The molecular formula is C15H18N2S. The van der Waals surface area contributed by atoms with Gasteiger partial charge in [0.15, 0.2) is 0 Å². The van der Waals surface area contributed by atoms with Gasteiger partial charge in [-0.15, -0.1) is 11.3 Å². The average Bonchev–Trinajstić information content (AvgIpc) is 2.96. The van der Waals surface area contributed by atoms with E-state index >= 15 is 0 Å². The molecule has 1 aliphatic rings. The number of fused-ring (bicyclic) bond motifs is 1. The van der Waals surface area contributed by atoms with E-state index in [0.29, 0.717) is 5.92 Å². The van der Waals surface area contributed by atoms with E-state index in [1.165, 1.54) is 11.1 Å². The van der Waals surface area contributed by atoms with Gasteiger partial charge < -0.3 is 5.73 Å². The largest absolute Gasteiger partial charge is 0.316 e. The van der Waals surface area contributed by atoms with Gasteiger partial charge in [0.2, 0.25) is 0 Å². The molecule has 1 atom stereocenters. The van der Waals surface area contributed by atoms with Crippen LogP contribution >= 0.6 is 11.3 Å². The highest BCUT2D eigenvalue weighted by Crippen LogP contribution is 2.41. The van der Waals surface area contributed by atoms with Gasteiger partial charge in [0.1, 0.15) is 5.01 Å². The predicted molar refractivity (Wildman–Crippen MR) is 75.9 cm³/mol. The zero-order valence-corrected chi connectivity index (χ0v) is 11.6. The first kappa shape index (κ1) is 11.9. The lowest BCUT2D eigenvalue weighted by molar-refractivity contribution is 0.529. The number of aryl methyl sites for hydroxylation is 1. The van der Waals surface area contributed by atoms with Crippen LogP contribution in [0.4, 0.5) is 0 Å². The molecule has 0 saturated carbocycles. The highest BCUT2D eigenvalue weighted by Gasteiger charge is 2.38. The fourth-order valence-corrected chi connectivity index (χ4v) is 3.76. The number of thiazole rings is 1. The van der Waals surface area contributed by atoms with Crippen LogP contribution in [0.15, 0.2) is 29.6 Å². The van der Waals surface area contributed by atoms with Crippen LogP contribution in [-0.2, 0) is 12.0 Å². The quantitative estimate of drug-likeness (QED) is 0.896. The normalized spacial score (nSPS) is 22.4. The molecule has 0 amide bonds. The van der Waals surface area contributed by atoms with Crippen molar-refractivity contribution in [3.05, 3.63) is 51.5 Å². The van der Waals surface area contributed by atoms with Crippen LogP contribution in [0.25, 0.3) is 0 Å². The molecule has 94 valence electrons. The summed E-state index contributed by atoms with van der Waals surface area (Å²) >= 11 is 1.70. The smallest absolute Gasteiger partial charge is 0.117 e. The Morgan fingerprint density at radius 3 is 2.83 bits per heavy atom. The molecule has 18 heavy (non-hydrogen) atoms. The fraction of sp³-hybridized carbons (Fsp3) is 0.400. The van der Waals surface area contributed by atoms with Gasteiger partial charge in [-0.25, -0.2) is 4.98 Å². The molecule has 0 spiro atoms. The third-order valence-corrected chi connectivity index (χ3v) is 4.82. The van der Waals surface area contributed by atoms with Crippen LogP contribution in [0.2, 0.25) is 0 Å². The molecule has 0 fully saturated rings. The van der Waals surface area contributed by atoms with Gasteiger partial charge >= 0.3 is 0 Å². The second-order valence-corrected chi connectivity index (χ2v) is 6.22. The molecule has 2 nitrogen and oxygen atoms in total. The number of benzene rings is 1. The Morgan fingerprint density at radius 2 is 2.11 bits per heavy atom. The van der Waals surface area contributed by atoms with Crippen LogP contribution in [-0.4, -0.2) is 4.98 Å². The Bertz CT molecular complexity index is 573. The second kappa shape index (κ2) is 4.18. The molecule has 1 unspecified atom stereocenters. The number of rotatable bonds is 2. The van der Waals surface area contributed by atoms with Crippen LogP contribution in [0.3, 0.4) is 0 Å². The first-order chi connectivity index (χ1) is 8.61. The average molecular weight is 258 g/mol. The van der Waals surface area contributed by atoms with E-state index < -0.39 is 0 Å². The summed E-state index contributed by atoms with van der Waals surface area (Å²) < 4.78 is 0. The van der Waals surface area contributed by atoms with Crippen molar-refractivity contribution >= 4 is 11.3 Å². The van der Waals surface area contributed by atoms with Gasteiger partial charge in [0.05, 0.1) is 11.2 Å². The molecule has 2 N–H and O–H groups in total. The summed E-state index contributed by atoms with van der Waals surface area (Å²) in [6.45, 7) is 4.34. The van der Waals surface area contributed by atoms with Crippen LogP contribution in [0.5, 0.6) is 0 Å². The standard InChI is InChI=1S/C15H18N2S/c1-10(2)13-9-18-14(17-13)15(16)8-7-11-5-3-4-6-12(11)15/h3-6,9-10H,7-8,16H2,1-2H3. The lowest BCUT2D eigenvalue weighted by atomic mass is 9.94. The maximum atomic E-state index is 6.65. The number of hydrogen-bond donors (Lipinski definition) is 1. The predicted octanol–water partition coefficient (Wildman–Crippen LogP) is 3.42. The summed E-state index contributed by atoms with van der Waals surface area (Å²) in [4.78, 5) is 4.76. The molecule has 1 aromatic heterocycles. The summed E-state index contributed by atoms with van der Waals surface area (Å²) in [6.07, 6.45) is 2.03. The minimum Gasteiger partial charge on any atom is -0.316 e. The zero-order valence-electron chi connectivity index (χ0n) is 10.8. The molecule has 2 aromatic rings. The summed E-state index contributed by atoms with van der Waals surface area (Å²) in [5.74, 6) is 0.468. The van der Waals surface area contributed by atoms with Crippen molar-refractivity contribution in [2.24, 2.45) is 5.73 Å². The Labute approximate surface area is 112 Å². The van der Waals surface area contributed by atoms with Crippen molar-refractivity contribution in [1.82, 2.24) is 4.98 Å². The van der Waals surface area contributed by atoms with Crippen LogP contribution < -0.4 is 5.73 Å². The number of nitrogens with zero attached hydrogens (tertiary/aromatic N) is 1. The number of hydrogen-bond acceptors (Lipinski definition) is 3. The van der Waals surface area contributed by atoms with Crippen molar-refractivity contribution in [3.63, 3.8) is 0 Å². The monoisotopic (exact) mass is 258 g/mol. The lowest BCUT2D eigenvalue weighted by Crippen LogP contribution is -2.35. The first-order valence-corrected chi connectivity index (χ1v) is 7.32. The van der Waals surface area contributed by atoms with Crippen molar-refractivity contribution in [2.45, 2.75) is 38.1 Å². The van der Waals surface area contributed by atoms with Crippen LogP contribution in [0.1, 0.15) is 48.0 Å². The van der Waals surface area contributed by atoms with E-state index in [9.17, 15) is 0 Å². The van der Waals surface area contributed by atoms with Gasteiger partial charge in [-0.3, -0.25) is 0 Å². The fourth-order valence-electron chi connectivity index (χ4n) is 2.62. The van der Waals surface area contributed by atoms with Crippen molar-refractivity contribution in [2.75, 3.05) is 0 Å². The van der Waals surface area contributed by atoms with E-state index in [1.807, 2.05) is 0 Å². The summed E-state index contributed by atoms with van der Waals surface area (Å²) in [5.41, 5.74) is 10.1. The Hall–Kier alpha value is -1.19. The Morgan fingerprint density at radius 1 is 1.33 bits per heavy atom. The van der Waals surface area contributed by atoms with Crippen molar-refractivity contribution < 1.29 is 0 Å². The lowest BCUT2D eigenvalue weighted by Gasteiger charge is -2.22. The molecule has 0 saturated heterocycles. The third-order valence-electron chi connectivity index (χ3n) is 3.78. The van der Waals surface area contributed by atoms with Crippen molar-refractivity contribution in [3.8, 4) is 0 Å². The molecule has 3 heteroatoms. The summed E-state index contributed by atoms with van der Waals surface area (Å²) in [7, 11) is 0. The molecular weight excluding hydrogens is 240 g/mol. The van der Waals surface area contributed by atoms with E-state index in [2.05, 4.69) is 43.5 Å². The van der Waals surface area contributed by atoms with E-state index in [0.717, 1.165) is 23.5 Å². The molecule has 3 rings (SSSR count). The highest BCUT2D eigenvalue weighted by atomic mass is 32.1. The van der Waals surface area contributed by atoms with Crippen molar-refractivity contribution in [1.29, 1.82) is 0 Å². The molecule has 0 bridgehead atoms. The van der Waals surface area contributed by atoms with Gasteiger partial charge in [0, 0.05) is 5.38 Å². The zero-order chi connectivity index (χ0) is 12.8. The Kier molecular flexibility index (Phi) is 2.76. The Balaban J connectivity index is 2.06. The van der Waals surface area contributed by atoms with Gasteiger partial charge in [0.25, 0.3) is 0 Å². The summed E-state index contributed by atoms with van der Waals surface area (Å²) in [6, 6.07) is 8.49. The third kappa shape index (κ3) is 1.70. The highest BCUT2D eigenvalue weighted by molar-refractivity contribution is 7.09. The minimum atomic E-state index is -0.367.